The van der Waals surface area contributed by atoms with Gasteiger partial charge < -0.3 is 10.1 Å². The van der Waals surface area contributed by atoms with Gasteiger partial charge in [-0.15, -0.1) is 0 Å². The molecule has 0 aliphatic heterocycles. The Bertz CT molecular complexity index is 346. The Hall–Kier alpha value is -1.39. The number of hydrogen-bond donors (Lipinski definition) is 2. The fraction of sp³-hybridized carbons (Fsp3) is 0.286. The van der Waals surface area contributed by atoms with Crippen LogP contribution in [0.25, 0.3) is 0 Å². The summed E-state index contributed by atoms with van der Waals surface area (Å²) in [6, 6.07) is 0. The minimum Gasteiger partial charge on any atom is -0.507 e. The Kier molecular flexibility index (Phi) is 2.12. The average molecular weight is 175 g/mol. The minimum absolute atomic E-state index is 0.227. The lowest BCUT2D eigenvalue weighted by molar-refractivity contribution is 0.145. The number of nitrogens with one attached hydrogen (secondary N) is 1. The lowest BCUT2D eigenvalue weighted by Crippen LogP contribution is -2.12. The number of H-pyrrole nitrogens is 1. The van der Waals surface area contributed by atoms with E-state index < -0.39 is 23.3 Å². The molecule has 0 bridgehead atoms. The molecule has 0 radical (unpaired) electrons. The maximum atomic E-state index is 12.1. The smallest absolute Gasteiger partial charge is 0.272 e. The van der Waals surface area contributed by atoms with Crippen molar-refractivity contribution in [2.75, 3.05) is 0 Å². The van der Waals surface area contributed by atoms with Crippen LogP contribution in [0.3, 0.4) is 0 Å². The van der Waals surface area contributed by atoms with Gasteiger partial charge in [0.15, 0.2) is 0 Å². The first kappa shape index (κ1) is 8.70. The summed E-state index contributed by atoms with van der Waals surface area (Å²) in [5.74, 6) is -0.631. The topological polar surface area (TPSA) is 53.1 Å². The fourth-order valence-electron chi connectivity index (χ4n) is 0.842. The average Bonchev–Trinajstić information content (AvgIpc) is 1.97. The molecule has 5 heteroatoms. The van der Waals surface area contributed by atoms with Crippen molar-refractivity contribution in [2.45, 2.75) is 13.3 Å². The zero-order valence-corrected chi connectivity index (χ0v) is 6.27. The van der Waals surface area contributed by atoms with E-state index in [-0.39, 0.29) is 5.56 Å². The van der Waals surface area contributed by atoms with Crippen LogP contribution in [0, 0.1) is 6.92 Å². The summed E-state index contributed by atoms with van der Waals surface area (Å²) < 4.78 is 24.2. The molecule has 1 aromatic heterocycles. The van der Waals surface area contributed by atoms with Crippen LogP contribution in [-0.2, 0) is 0 Å². The van der Waals surface area contributed by atoms with Gasteiger partial charge in [0.25, 0.3) is 12.0 Å². The molecule has 0 unspecified atom stereocenters. The van der Waals surface area contributed by atoms with E-state index in [1.165, 1.54) is 13.1 Å². The summed E-state index contributed by atoms with van der Waals surface area (Å²) in [4.78, 5) is 12.8. The lowest BCUT2D eigenvalue weighted by atomic mass is 10.2. The molecule has 0 saturated heterocycles. The second-order valence-corrected chi connectivity index (χ2v) is 2.36. The van der Waals surface area contributed by atoms with Gasteiger partial charge in [0, 0.05) is 11.8 Å². The van der Waals surface area contributed by atoms with E-state index in [4.69, 9.17) is 5.11 Å². The highest BCUT2D eigenvalue weighted by Gasteiger charge is 2.18. The molecule has 1 aromatic rings. The third-order valence-corrected chi connectivity index (χ3v) is 1.51. The first-order chi connectivity index (χ1) is 5.54. The van der Waals surface area contributed by atoms with Crippen molar-refractivity contribution in [3.8, 4) is 5.75 Å². The van der Waals surface area contributed by atoms with E-state index in [0.29, 0.717) is 0 Å². The van der Waals surface area contributed by atoms with E-state index in [1.807, 2.05) is 0 Å². The Balaban J connectivity index is 3.43. The van der Waals surface area contributed by atoms with Crippen LogP contribution in [0.5, 0.6) is 5.75 Å². The molecule has 0 spiro atoms. The molecule has 1 heterocycles. The molecule has 0 saturated carbocycles. The number of halogens is 2. The molecule has 12 heavy (non-hydrogen) atoms. The first-order valence-electron chi connectivity index (χ1n) is 3.23. The predicted molar refractivity (Wildman–Crippen MR) is 38.4 cm³/mol. The summed E-state index contributed by atoms with van der Waals surface area (Å²) in [6.07, 6.45) is -1.77. The number of aromatic amines is 1. The van der Waals surface area contributed by atoms with Crippen molar-refractivity contribution >= 4 is 0 Å². The zero-order valence-electron chi connectivity index (χ0n) is 6.27. The van der Waals surface area contributed by atoms with Crippen molar-refractivity contribution in [3.63, 3.8) is 0 Å². The second-order valence-electron chi connectivity index (χ2n) is 2.36. The summed E-state index contributed by atoms with van der Waals surface area (Å²) in [7, 11) is 0. The first-order valence-corrected chi connectivity index (χ1v) is 3.23. The molecule has 0 aromatic carbocycles. The molecule has 2 N–H and O–H groups in total. The third-order valence-electron chi connectivity index (χ3n) is 1.51. The van der Waals surface area contributed by atoms with E-state index in [0.717, 1.165) is 0 Å². The number of hydrogen-bond acceptors (Lipinski definition) is 2. The van der Waals surface area contributed by atoms with Crippen LogP contribution in [0.4, 0.5) is 8.78 Å². The Morgan fingerprint density at radius 3 is 2.58 bits per heavy atom. The second kappa shape index (κ2) is 2.92. The van der Waals surface area contributed by atoms with Crippen LogP contribution in [0.1, 0.15) is 17.6 Å². The fourth-order valence-corrected chi connectivity index (χ4v) is 0.842. The van der Waals surface area contributed by atoms with Gasteiger partial charge >= 0.3 is 0 Å². The van der Waals surface area contributed by atoms with Gasteiger partial charge in [-0.1, -0.05) is 0 Å². The van der Waals surface area contributed by atoms with Gasteiger partial charge in [-0.05, 0) is 6.92 Å². The van der Waals surface area contributed by atoms with Gasteiger partial charge in [-0.25, -0.2) is 8.78 Å². The van der Waals surface area contributed by atoms with Crippen molar-refractivity contribution in [1.29, 1.82) is 0 Å². The molecule has 1 rings (SSSR count). The molecule has 3 nitrogen and oxygen atoms in total. The van der Waals surface area contributed by atoms with Crippen LogP contribution >= 0.6 is 0 Å². The zero-order chi connectivity index (χ0) is 9.30. The van der Waals surface area contributed by atoms with Crippen molar-refractivity contribution < 1.29 is 13.9 Å². The number of alkyl halides is 2. The van der Waals surface area contributed by atoms with Crippen LogP contribution in [0.2, 0.25) is 0 Å². The minimum atomic E-state index is -2.95. The summed E-state index contributed by atoms with van der Waals surface area (Å²) in [5, 5.41) is 9.05. The highest BCUT2D eigenvalue weighted by Crippen LogP contribution is 2.26. The van der Waals surface area contributed by atoms with E-state index in [9.17, 15) is 13.6 Å². The molecular weight excluding hydrogens is 168 g/mol. The molecule has 0 fully saturated rings. The summed E-state index contributed by atoms with van der Waals surface area (Å²) in [5.41, 5.74) is -1.59. The van der Waals surface area contributed by atoms with Crippen molar-refractivity contribution in [3.05, 3.63) is 27.7 Å². The highest BCUT2D eigenvalue weighted by atomic mass is 19.3. The van der Waals surface area contributed by atoms with Gasteiger partial charge in [0.2, 0.25) is 0 Å². The predicted octanol–water partition coefficient (Wildman–Crippen LogP) is 1.33. The van der Waals surface area contributed by atoms with E-state index in [2.05, 4.69) is 4.98 Å². The number of rotatable bonds is 1. The maximum Gasteiger partial charge on any atom is 0.272 e. The van der Waals surface area contributed by atoms with E-state index >= 15 is 0 Å². The molecule has 66 valence electrons. The standard InChI is InChI=1S/C7H7F2NO2/c1-3-2-10-7(12)4(5(3)11)6(8)9/h2,6H,1H3,(H2,10,11,12). The number of aromatic hydroxyl groups is 1. The molecule has 0 aliphatic rings. The van der Waals surface area contributed by atoms with Gasteiger partial charge in [0.05, 0.1) is 0 Å². The van der Waals surface area contributed by atoms with Gasteiger partial charge in [0.1, 0.15) is 11.3 Å². The SMILES string of the molecule is Cc1c[nH]c(=O)c(C(F)F)c1O. The molecule has 0 aliphatic carbocycles. The summed E-state index contributed by atoms with van der Waals surface area (Å²) in [6.45, 7) is 1.43. The van der Waals surface area contributed by atoms with Crippen LogP contribution < -0.4 is 5.56 Å². The van der Waals surface area contributed by atoms with Gasteiger partial charge in [-0.3, -0.25) is 4.79 Å². The monoisotopic (exact) mass is 175 g/mol. The van der Waals surface area contributed by atoms with E-state index in [1.54, 1.807) is 0 Å². The molecular formula is C7H7F2NO2. The largest absolute Gasteiger partial charge is 0.507 e. The van der Waals surface area contributed by atoms with Crippen LogP contribution in [-0.4, -0.2) is 10.1 Å². The lowest BCUT2D eigenvalue weighted by Gasteiger charge is -2.03. The van der Waals surface area contributed by atoms with Crippen molar-refractivity contribution in [2.24, 2.45) is 0 Å². The molecule has 0 amide bonds. The Morgan fingerprint density at radius 2 is 2.17 bits per heavy atom. The maximum absolute atomic E-state index is 12.1. The third kappa shape index (κ3) is 1.30. The number of aryl methyl sites for hydroxylation is 1. The highest BCUT2D eigenvalue weighted by molar-refractivity contribution is 5.36. The Labute approximate surface area is 66.7 Å². The summed E-state index contributed by atoms with van der Waals surface area (Å²) >= 11 is 0. The number of aromatic nitrogens is 1. The Morgan fingerprint density at radius 1 is 1.58 bits per heavy atom. The van der Waals surface area contributed by atoms with Gasteiger partial charge in [-0.2, -0.15) is 0 Å². The van der Waals surface area contributed by atoms with Crippen molar-refractivity contribution in [1.82, 2.24) is 4.98 Å². The molecule has 0 atom stereocenters. The number of pyridine rings is 1. The quantitative estimate of drug-likeness (QED) is 0.676. The normalized spacial score (nSPS) is 10.7. The van der Waals surface area contributed by atoms with Crippen LogP contribution in [0.15, 0.2) is 11.0 Å².